The Labute approximate surface area is 124 Å². The number of carbonyl (C=O) groups is 1. The zero-order valence-electron chi connectivity index (χ0n) is 12.1. The van der Waals surface area contributed by atoms with E-state index in [1.54, 1.807) is 11.3 Å². The molecule has 1 aliphatic heterocycles. The fourth-order valence-electron chi connectivity index (χ4n) is 3.29. The zero-order chi connectivity index (χ0) is 13.9. The lowest BCUT2D eigenvalue weighted by Gasteiger charge is -2.27. The average Bonchev–Trinajstić information content (AvgIpc) is 2.89. The highest BCUT2D eigenvalue weighted by Crippen LogP contribution is 2.30. The van der Waals surface area contributed by atoms with Crippen LogP contribution in [0.15, 0.2) is 5.38 Å². The summed E-state index contributed by atoms with van der Waals surface area (Å²) in [6.45, 7) is 3.73. The van der Waals surface area contributed by atoms with E-state index in [9.17, 15) is 4.79 Å². The first kappa shape index (κ1) is 14.1. The molecule has 2 aliphatic rings. The summed E-state index contributed by atoms with van der Waals surface area (Å²) < 4.78 is 5.55. The van der Waals surface area contributed by atoms with Crippen LogP contribution in [0.3, 0.4) is 0 Å². The topological polar surface area (TPSA) is 38.3 Å². The summed E-state index contributed by atoms with van der Waals surface area (Å²) in [5.41, 5.74) is 2.25. The second-order valence-corrected chi connectivity index (χ2v) is 7.00. The van der Waals surface area contributed by atoms with E-state index in [0.717, 1.165) is 44.4 Å². The molecule has 1 fully saturated rings. The number of hydrogen-bond donors (Lipinski definition) is 1. The predicted molar refractivity (Wildman–Crippen MR) is 81.4 cm³/mol. The van der Waals surface area contributed by atoms with Gasteiger partial charge in [0.15, 0.2) is 0 Å². The van der Waals surface area contributed by atoms with Crippen molar-refractivity contribution in [2.45, 2.75) is 51.6 Å². The van der Waals surface area contributed by atoms with E-state index >= 15 is 0 Å². The highest BCUT2D eigenvalue weighted by molar-refractivity contribution is 7.10. The Kier molecular flexibility index (Phi) is 4.41. The van der Waals surface area contributed by atoms with E-state index in [2.05, 4.69) is 17.6 Å². The Morgan fingerprint density at radius 2 is 2.30 bits per heavy atom. The predicted octanol–water partition coefficient (Wildman–Crippen LogP) is 3.17. The van der Waals surface area contributed by atoms with Gasteiger partial charge in [0.05, 0.1) is 11.7 Å². The smallest absolute Gasteiger partial charge is 0.252 e. The van der Waals surface area contributed by atoms with Crippen molar-refractivity contribution in [1.82, 2.24) is 5.32 Å². The molecule has 1 aromatic heterocycles. The fourth-order valence-corrected chi connectivity index (χ4v) is 4.42. The number of amides is 1. The van der Waals surface area contributed by atoms with Crippen LogP contribution in [0, 0.1) is 5.92 Å². The Balaban J connectivity index is 1.58. The van der Waals surface area contributed by atoms with Crippen molar-refractivity contribution >= 4 is 17.2 Å². The summed E-state index contributed by atoms with van der Waals surface area (Å²) in [5.74, 6) is 0.695. The number of fused-ring (bicyclic) bond motifs is 1. The van der Waals surface area contributed by atoms with Gasteiger partial charge in [0.2, 0.25) is 0 Å². The lowest BCUT2D eigenvalue weighted by atomic mass is 9.94. The van der Waals surface area contributed by atoms with Crippen LogP contribution in [0.5, 0.6) is 0 Å². The molecule has 2 atom stereocenters. The van der Waals surface area contributed by atoms with Crippen molar-refractivity contribution in [1.29, 1.82) is 0 Å². The van der Waals surface area contributed by atoms with E-state index in [1.165, 1.54) is 23.3 Å². The molecule has 110 valence electrons. The maximum Gasteiger partial charge on any atom is 0.252 e. The van der Waals surface area contributed by atoms with Crippen molar-refractivity contribution in [2.24, 2.45) is 5.92 Å². The molecule has 3 nitrogen and oxygen atoms in total. The van der Waals surface area contributed by atoms with E-state index in [0.29, 0.717) is 12.0 Å². The Hall–Kier alpha value is -0.870. The Morgan fingerprint density at radius 1 is 1.45 bits per heavy atom. The molecular formula is C16H23NO2S. The van der Waals surface area contributed by atoms with Crippen LogP contribution in [-0.4, -0.2) is 25.2 Å². The Bertz CT molecular complexity index is 483. The first-order chi connectivity index (χ1) is 9.74. The largest absolute Gasteiger partial charge is 0.378 e. The molecule has 1 aromatic rings. The van der Waals surface area contributed by atoms with Crippen molar-refractivity contribution in [3.63, 3.8) is 0 Å². The Morgan fingerprint density at radius 3 is 3.15 bits per heavy atom. The molecule has 2 heterocycles. The van der Waals surface area contributed by atoms with Gasteiger partial charge < -0.3 is 10.1 Å². The molecule has 1 N–H and O–H groups in total. The standard InChI is InChI=1S/C16H23NO2S/c1-11-8-12(6-7-19-11)9-17-16(18)14-10-20-15-5-3-2-4-13(14)15/h10-12H,2-9H2,1H3,(H,17,18)/t11-,12+/m1/s1. The quantitative estimate of drug-likeness (QED) is 0.929. The zero-order valence-corrected chi connectivity index (χ0v) is 12.9. The molecule has 0 spiro atoms. The van der Waals surface area contributed by atoms with E-state index in [4.69, 9.17) is 4.74 Å². The van der Waals surface area contributed by atoms with Crippen molar-refractivity contribution < 1.29 is 9.53 Å². The normalized spacial score (nSPS) is 26.1. The van der Waals surface area contributed by atoms with Gasteiger partial charge in [0, 0.05) is 23.4 Å². The van der Waals surface area contributed by atoms with Gasteiger partial charge in [-0.15, -0.1) is 11.3 Å². The van der Waals surface area contributed by atoms with Crippen LogP contribution < -0.4 is 5.32 Å². The first-order valence-corrected chi connectivity index (χ1v) is 8.61. The second kappa shape index (κ2) is 6.27. The van der Waals surface area contributed by atoms with Gasteiger partial charge in [-0.05, 0) is 56.9 Å². The highest BCUT2D eigenvalue weighted by Gasteiger charge is 2.22. The molecular weight excluding hydrogens is 270 g/mol. The lowest BCUT2D eigenvalue weighted by Crippen LogP contribution is -2.34. The second-order valence-electron chi connectivity index (χ2n) is 6.04. The fraction of sp³-hybridized carbons (Fsp3) is 0.688. The molecule has 1 amide bonds. The molecule has 0 unspecified atom stereocenters. The summed E-state index contributed by atoms with van der Waals surface area (Å²) >= 11 is 1.76. The van der Waals surface area contributed by atoms with E-state index in [1.807, 2.05) is 0 Å². The number of thiophene rings is 1. The summed E-state index contributed by atoms with van der Waals surface area (Å²) in [6.07, 6.45) is 7.19. The van der Waals surface area contributed by atoms with Crippen LogP contribution in [0.25, 0.3) is 0 Å². The van der Waals surface area contributed by atoms with Gasteiger partial charge in [-0.2, -0.15) is 0 Å². The summed E-state index contributed by atoms with van der Waals surface area (Å²) in [6, 6.07) is 0. The highest BCUT2D eigenvalue weighted by atomic mass is 32.1. The first-order valence-electron chi connectivity index (χ1n) is 7.73. The lowest BCUT2D eigenvalue weighted by molar-refractivity contribution is 0.00302. The number of ether oxygens (including phenoxy) is 1. The molecule has 20 heavy (non-hydrogen) atoms. The monoisotopic (exact) mass is 293 g/mol. The minimum absolute atomic E-state index is 0.128. The third-order valence-corrected chi connectivity index (χ3v) is 5.54. The average molecular weight is 293 g/mol. The summed E-state index contributed by atoms with van der Waals surface area (Å²) in [5, 5.41) is 5.19. The SMILES string of the molecule is C[C@@H]1C[C@@H](CNC(=O)c2csc3c2CCCC3)CCO1. The number of aryl methyl sites for hydroxylation is 1. The van der Waals surface area contributed by atoms with Crippen LogP contribution >= 0.6 is 11.3 Å². The molecule has 3 rings (SSSR count). The van der Waals surface area contributed by atoms with Gasteiger partial charge in [-0.25, -0.2) is 0 Å². The van der Waals surface area contributed by atoms with Crippen molar-refractivity contribution in [2.75, 3.05) is 13.2 Å². The van der Waals surface area contributed by atoms with Gasteiger partial charge in [-0.1, -0.05) is 0 Å². The molecule has 1 saturated heterocycles. The molecule has 0 radical (unpaired) electrons. The minimum atomic E-state index is 0.128. The van der Waals surface area contributed by atoms with Crippen LogP contribution in [0.1, 0.15) is 53.4 Å². The van der Waals surface area contributed by atoms with Crippen LogP contribution in [-0.2, 0) is 17.6 Å². The molecule has 0 bridgehead atoms. The molecule has 1 aliphatic carbocycles. The number of nitrogens with one attached hydrogen (secondary N) is 1. The maximum atomic E-state index is 12.4. The van der Waals surface area contributed by atoms with Gasteiger partial charge in [0.1, 0.15) is 0 Å². The van der Waals surface area contributed by atoms with Crippen LogP contribution in [0.2, 0.25) is 0 Å². The van der Waals surface area contributed by atoms with Crippen molar-refractivity contribution in [3.8, 4) is 0 Å². The van der Waals surface area contributed by atoms with E-state index < -0.39 is 0 Å². The summed E-state index contributed by atoms with van der Waals surface area (Å²) in [4.78, 5) is 13.8. The van der Waals surface area contributed by atoms with E-state index in [-0.39, 0.29) is 5.91 Å². The van der Waals surface area contributed by atoms with Gasteiger partial charge >= 0.3 is 0 Å². The third kappa shape index (κ3) is 3.07. The number of carbonyl (C=O) groups excluding carboxylic acids is 1. The van der Waals surface area contributed by atoms with Crippen molar-refractivity contribution in [3.05, 3.63) is 21.4 Å². The third-order valence-electron chi connectivity index (χ3n) is 4.45. The maximum absolute atomic E-state index is 12.4. The summed E-state index contributed by atoms with van der Waals surface area (Å²) in [7, 11) is 0. The minimum Gasteiger partial charge on any atom is -0.378 e. The molecule has 0 saturated carbocycles. The number of hydrogen-bond acceptors (Lipinski definition) is 3. The van der Waals surface area contributed by atoms with Gasteiger partial charge in [-0.3, -0.25) is 4.79 Å². The number of rotatable bonds is 3. The molecule has 4 heteroatoms. The van der Waals surface area contributed by atoms with Gasteiger partial charge in [0.25, 0.3) is 5.91 Å². The molecule has 0 aromatic carbocycles. The van der Waals surface area contributed by atoms with Crippen LogP contribution in [0.4, 0.5) is 0 Å².